The van der Waals surface area contributed by atoms with Crippen LogP contribution in [-0.4, -0.2) is 24.9 Å². The first-order valence-corrected chi connectivity index (χ1v) is 8.04. The molecule has 1 aromatic heterocycles. The summed E-state index contributed by atoms with van der Waals surface area (Å²) in [5.41, 5.74) is 0.589. The summed E-state index contributed by atoms with van der Waals surface area (Å²) in [5.74, 6) is 0. The fraction of sp³-hybridized carbons (Fsp3) is 0.231. The van der Waals surface area contributed by atoms with Gasteiger partial charge in [-0.15, -0.1) is 11.3 Å². The molecule has 0 aliphatic heterocycles. The fourth-order valence-electron chi connectivity index (χ4n) is 1.69. The second-order valence-corrected chi connectivity index (χ2v) is 7.22. The van der Waals surface area contributed by atoms with Crippen molar-refractivity contribution in [2.24, 2.45) is 0 Å². The summed E-state index contributed by atoms with van der Waals surface area (Å²) in [7, 11) is -1.96. The van der Waals surface area contributed by atoms with Crippen LogP contribution in [0.4, 0.5) is 0 Å². The maximum atomic E-state index is 12.4. The van der Waals surface area contributed by atoms with Crippen molar-refractivity contribution in [2.75, 3.05) is 7.05 Å². The quantitative estimate of drug-likeness (QED) is 0.919. The molecule has 0 unspecified atom stereocenters. The third-order valence-corrected chi connectivity index (χ3v) is 5.41. The lowest BCUT2D eigenvalue weighted by Gasteiger charge is -2.16. The third kappa shape index (κ3) is 3.22. The van der Waals surface area contributed by atoms with E-state index in [4.69, 9.17) is 5.11 Å². The molecular weight excluding hydrogens is 282 g/mol. The third-order valence-electron chi connectivity index (χ3n) is 2.75. The van der Waals surface area contributed by atoms with E-state index in [1.54, 1.807) is 25.2 Å². The molecule has 1 N–H and O–H groups in total. The Morgan fingerprint density at radius 2 is 2.05 bits per heavy atom. The van der Waals surface area contributed by atoms with Crippen LogP contribution in [0.1, 0.15) is 10.4 Å². The van der Waals surface area contributed by atoms with Crippen molar-refractivity contribution in [3.8, 4) is 0 Å². The minimum absolute atomic E-state index is 0.169. The lowest BCUT2D eigenvalue weighted by Crippen LogP contribution is -2.26. The summed E-state index contributed by atoms with van der Waals surface area (Å²) in [6.45, 7) is 0.182. The van der Waals surface area contributed by atoms with Gasteiger partial charge in [-0.25, -0.2) is 8.42 Å². The molecule has 2 aromatic rings. The van der Waals surface area contributed by atoms with E-state index in [1.807, 2.05) is 17.5 Å². The normalized spacial score (nSPS) is 11.9. The molecule has 0 amide bonds. The Kier molecular flexibility index (Phi) is 4.36. The van der Waals surface area contributed by atoms with E-state index in [1.165, 1.54) is 21.7 Å². The summed E-state index contributed by atoms with van der Waals surface area (Å²) < 4.78 is 26.1. The van der Waals surface area contributed by atoms with Crippen molar-refractivity contribution >= 4 is 21.4 Å². The van der Waals surface area contributed by atoms with Gasteiger partial charge in [0.15, 0.2) is 0 Å². The van der Waals surface area contributed by atoms with Crippen molar-refractivity contribution < 1.29 is 13.5 Å². The van der Waals surface area contributed by atoms with Gasteiger partial charge in [-0.1, -0.05) is 18.2 Å². The average molecular weight is 297 g/mol. The van der Waals surface area contributed by atoms with Crippen LogP contribution in [-0.2, 0) is 23.2 Å². The molecule has 0 saturated heterocycles. The monoisotopic (exact) mass is 297 g/mol. The summed E-state index contributed by atoms with van der Waals surface area (Å²) in [6.07, 6.45) is 0. The van der Waals surface area contributed by atoms with E-state index in [-0.39, 0.29) is 11.5 Å². The van der Waals surface area contributed by atoms with E-state index in [0.717, 1.165) is 4.88 Å². The maximum Gasteiger partial charge on any atom is 0.243 e. The van der Waals surface area contributed by atoms with Gasteiger partial charge in [-0.05, 0) is 29.1 Å². The molecule has 4 nitrogen and oxygen atoms in total. The van der Waals surface area contributed by atoms with Gasteiger partial charge < -0.3 is 5.11 Å². The van der Waals surface area contributed by atoms with Crippen LogP contribution in [0.15, 0.2) is 46.7 Å². The molecule has 0 bridgehead atoms. The highest BCUT2D eigenvalue weighted by atomic mass is 32.2. The van der Waals surface area contributed by atoms with Gasteiger partial charge in [0.25, 0.3) is 0 Å². The van der Waals surface area contributed by atoms with Crippen molar-refractivity contribution in [3.05, 3.63) is 52.2 Å². The van der Waals surface area contributed by atoms with Crippen LogP contribution in [0.2, 0.25) is 0 Å². The number of hydrogen-bond acceptors (Lipinski definition) is 4. The molecule has 0 fully saturated rings. The number of aliphatic hydroxyl groups excluding tert-OH is 1. The van der Waals surface area contributed by atoms with Gasteiger partial charge in [-0.3, -0.25) is 0 Å². The molecule has 1 aromatic carbocycles. The first kappa shape index (κ1) is 14.2. The largest absolute Gasteiger partial charge is 0.392 e. The van der Waals surface area contributed by atoms with E-state index < -0.39 is 10.0 Å². The van der Waals surface area contributed by atoms with E-state index >= 15 is 0 Å². The zero-order valence-corrected chi connectivity index (χ0v) is 12.1. The van der Waals surface area contributed by atoms with E-state index in [0.29, 0.717) is 12.1 Å². The second kappa shape index (κ2) is 5.83. The molecule has 19 heavy (non-hydrogen) atoms. The van der Waals surface area contributed by atoms with E-state index in [2.05, 4.69) is 0 Å². The highest BCUT2D eigenvalue weighted by Crippen LogP contribution is 2.19. The van der Waals surface area contributed by atoms with Crippen LogP contribution in [0, 0.1) is 0 Å². The van der Waals surface area contributed by atoms with Crippen molar-refractivity contribution in [1.82, 2.24) is 4.31 Å². The maximum absolute atomic E-state index is 12.4. The smallest absolute Gasteiger partial charge is 0.243 e. The van der Waals surface area contributed by atoms with Gasteiger partial charge in [0.2, 0.25) is 10.0 Å². The zero-order chi connectivity index (χ0) is 13.9. The van der Waals surface area contributed by atoms with Gasteiger partial charge in [0.1, 0.15) is 0 Å². The van der Waals surface area contributed by atoms with Gasteiger partial charge in [0.05, 0.1) is 11.5 Å². The fourth-order valence-corrected chi connectivity index (χ4v) is 3.75. The topological polar surface area (TPSA) is 57.6 Å². The standard InChI is InChI=1S/C13H15NO3S2/c1-14(9-12-5-3-7-18-12)19(16,17)13-6-2-4-11(8-13)10-15/h2-8,15H,9-10H2,1H3. The lowest BCUT2D eigenvalue weighted by molar-refractivity contribution is 0.281. The van der Waals surface area contributed by atoms with Crippen molar-refractivity contribution in [1.29, 1.82) is 0 Å². The Morgan fingerprint density at radius 3 is 2.68 bits per heavy atom. The second-order valence-electron chi connectivity index (χ2n) is 4.15. The molecule has 2 rings (SSSR count). The molecule has 1 heterocycles. The SMILES string of the molecule is CN(Cc1cccs1)S(=O)(=O)c1cccc(CO)c1. The number of hydrogen-bond donors (Lipinski definition) is 1. The first-order chi connectivity index (χ1) is 9.04. The summed E-state index contributed by atoms with van der Waals surface area (Å²) in [5, 5.41) is 11.0. The van der Waals surface area contributed by atoms with Crippen LogP contribution in [0.3, 0.4) is 0 Å². The molecular formula is C13H15NO3S2. The molecule has 0 aliphatic rings. The Hall–Kier alpha value is -1.21. The van der Waals surface area contributed by atoms with Crippen LogP contribution in [0.5, 0.6) is 0 Å². The molecule has 0 spiro atoms. The van der Waals surface area contributed by atoms with E-state index in [9.17, 15) is 8.42 Å². The van der Waals surface area contributed by atoms with Gasteiger partial charge in [0, 0.05) is 18.5 Å². The number of thiophene rings is 1. The number of rotatable bonds is 5. The predicted molar refractivity (Wildman–Crippen MR) is 75.3 cm³/mol. The Labute approximate surface area is 117 Å². The van der Waals surface area contributed by atoms with Crippen molar-refractivity contribution in [3.63, 3.8) is 0 Å². The predicted octanol–water partition coefficient (Wildman–Crippen LogP) is 2.06. The van der Waals surface area contributed by atoms with Crippen LogP contribution >= 0.6 is 11.3 Å². The average Bonchev–Trinajstić information content (AvgIpc) is 2.91. The van der Waals surface area contributed by atoms with Crippen molar-refractivity contribution in [2.45, 2.75) is 18.0 Å². The minimum Gasteiger partial charge on any atom is -0.392 e. The minimum atomic E-state index is -3.52. The Balaban J connectivity index is 2.25. The number of benzene rings is 1. The number of sulfonamides is 1. The lowest BCUT2D eigenvalue weighted by atomic mass is 10.2. The number of aliphatic hydroxyl groups is 1. The summed E-state index contributed by atoms with van der Waals surface area (Å²) >= 11 is 1.52. The summed E-state index contributed by atoms with van der Waals surface area (Å²) in [6, 6.07) is 10.2. The molecule has 0 aliphatic carbocycles. The highest BCUT2D eigenvalue weighted by molar-refractivity contribution is 7.89. The zero-order valence-electron chi connectivity index (χ0n) is 10.5. The number of nitrogens with zero attached hydrogens (tertiary/aromatic N) is 1. The van der Waals surface area contributed by atoms with Gasteiger partial charge >= 0.3 is 0 Å². The molecule has 0 atom stereocenters. The Morgan fingerprint density at radius 1 is 1.26 bits per heavy atom. The molecule has 102 valence electrons. The van der Waals surface area contributed by atoms with Gasteiger partial charge in [-0.2, -0.15) is 4.31 Å². The molecule has 6 heteroatoms. The van der Waals surface area contributed by atoms with Crippen LogP contribution < -0.4 is 0 Å². The summed E-state index contributed by atoms with van der Waals surface area (Å²) in [4.78, 5) is 1.20. The molecule has 0 radical (unpaired) electrons. The Bertz CT molecular complexity index is 636. The van der Waals surface area contributed by atoms with Crippen LogP contribution in [0.25, 0.3) is 0 Å². The molecule has 0 saturated carbocycles. The first-order valence-electron chi connectivity index (χ1n) is 5.72. The highest BCUT2D eigenvalue weighted by Gasteiger charge is 2.21.